The van der Waals surface area contributed by atoms with Gasteiger partial charge in [0.15, 0.2) is 0 Å². The highest BCUT2D eigenvalue weighted by Crippen LogP contribution is 2.40. The summed E-state index contributed by atoms with van der Waals surface area (Å²) in [5.74, 6) is -0.785. The minimum atomic E-state index is -0.471. The first-order valence-corrected chi connectivity index (χ1v) is 10.4. The van der Waals surface area contributed by atoms with Crippen molar-refractivity contribution in [2.75, 3.05) is 12.4 Å². The Kier molecular flexibility index (Phi) is 6.77. The van der Waals surface area contributed by atoms with Gasteiger partial charge in [0, 0.05) is 22.8 Å². The van der Waals surface area contributed by atoms with Crippen LogP contribution in [0, 0.1) is 6.92 Å². The fraction of sp³-hybridized carbons (Fsp3) is 0.261. The summed E-state index contributed by atoms with van der Waals surface area (Å²) in [4.78, 5) is 30.1. The van der Waals surface area contributed by atoms with Crippen molar-refractivity contribution in [1.82, 2.24) is 4.98 Å². The first kappa shape index (κ1) is 20.7. The number of hydrogen-bond donors (Lipinski definition) is 1. The van der Waals surface area contributed by atoms with Crippen molar-refractivity contribution in [2.24, 2.45) is 0 Å². The van der Waals surface area contributed by atoms with Crippen LogP contribution in [0.4, 0.5) is 5.00 Å². The van der Waals surface area contributed by atoms with Gasteiger partial charge in [-0.3, -0.25) is 9.78 Å². The molecule has 2 heterocycles. The van der Waals surface area contributed by atoms with Crippen LogP contribution in [0.2, 0.25) is 0 Å². The van der Waals surface area contributed by atoms with Crippen LogP contribution in [0.25, 0.3) is 11.1 Å². The van der Waals surface area contributed by atoms with Crippen LogP contribution in [-0.2, 0) is 11.2 Å². The monoisotopic (exact) mass is 408 g/mol. The van der Waals surface area contributed by atoms with Gasteiger partial charge in [-0.1, -0.05) is 37.6 Å². The van der Waals surface area contributed by atoms with Crippen molar-refractivity contribution in [2.45, 2.75) is 33.1 Å². The number of nitrogens with one attached hydrogen (secondary N) is 1. The third kappa shape index (κ3) is 4.71. The zero-order valence-electron chi connectivity index (χ0n) is 16.8. The van der Waals surface area contributed by atoms with E-state index in [2.05, 4.69) is 29.4 Å². The van der Waals surface area contributed by atoms with Crippen LogP contribution in [0.3, 0.4) is 0 Å². The molecule has 1 N–H and O–H groups in total. The third-order valence-corrected chi connectivity index (χ3v) is 5.71. The van der Waals surface area contributed by atoms with E-state index in [1.807, 2.05) is 19.1 Å². The van der Waals surface area contributed by atoms with Gasteiger partial charge in [-0.15, -0.1) is 11.3 Å². The molecule has 0 fully saturated rings. The summed E-state index contributed by atoms with van der Waals surface area (Å²) in [7, 11) is 1.35. The average molecular weight is 409 g/mol. The maximum Gasteiger partial charge on any atom is 0.341 e. The number of thiophene rings is 1. The summed E-state index contributed by atoms with van der Waals surface area (Å²) in [5.41, 5.74) is 3.81. The highest BCUT2D eigenvalue weighted by atomic mass is 32.1. The number of nitrogens with zero attached hydrogens (tertiary/aromatic N) is 1. The Balaban J connectivity index is 1.97. The van der Waals surface area contributed by atoms with E-state index in [1.165, 1.54) is 30.2 Å². The Hall–Kier alpha value is -2.99. The number of anilines is 1. The number of unbranched alkanes of at least 4 members (excludes halogenated alkanes) is 1. The molecule has 0 saturated heterocycles. The minimum Gasteiger partial charge on any atom is -0.465 e. The second-order valence-corrected chi connectivity index (χ2v) is 7.95. The molecule has 0 radical (unpaired) electrons. The molecule has 1 amide bonds. The topological polar surface area (TPSA) is 68.3 Å². The van der Waals surface area contributed by atoms with E-state index in [1.54, 1.807) is 18.3 Å². The molecular weight excluding hydrogens is 384 g/mol. The molecule has 0 spiro atoms. The van der Waals surface area contributed by atoms with Crippen molar-refractivity contribution in [3.05, 3.63) is 70.4 Å². The molecule has 0 saturated carbocycles. The second-order valence-electron chi connectivity index (χ2n) is 6.73. The Labute approximate surface area is 174 Å². The van der Waals surface area contributed by atoms with Crippen molar-refractivity contribution in [1.29, 1.82) is 0 Å². The van der Waals surface area contributed by atoms with Crippen LogP contribution in [0.1, 0.15) is 50.9 Å². The van der Waals surface area contributed by atoms with Crippen molar-refractivity contribution < 1.29 is 14.3 Å². The number of carbonyl (C=O) groups excluding carboxylic acids is 2. The Morgan fingerprint density at radius 3 is 2.55 bits per heavy atom. The van der Waals surface area contributed by atoms with Gasteiger partial charge in [0.25, 0.3) is 5.91 Å². The summed E-state index contributed by atoms with van der Waals surface area (Å²) in [6.45, 7) is 4.12. The standard InChI is InChI=1S/C23H24N2O3S/c1-4-5-7-16-9-11-17(12-10-16)19-15(2)29-22(20(19)23(27)28-3)25-21(26)18-8-6-13-24-14-18/h6,8-14H,4-5,7H2,1-3H3,(H,25,26). The first-order chi connectivity index (χ1) is 14.0. The first-order valence-electron chi connectivity index (χ1n) is 9.57. The van der Waals surface area contributed by atoms with Crippen LogP contribution >= 0.6 is 11.3 Å². The van der Waals surface area contributed by atoms with Gasteiger partial charge in [-0.2, -0.15) is 0 Å². The van der Waals surface area contributed by atoms with E-state index >= 15 is 0 Å². The molecule has 5 nitrogen and oxygen atoms in total. The summed E-state index contributed by atoms with van der Waals surface area (Å²) in [6.07, 6.45) is 6.43. The average Bonchev–Trinajstić information content (AvgIpc) is 3.08. The largest absolute Gasteiger partial charge is 0.465 e. The Morgan fingerprint density at radius 1 is 1.17 bits per heavy atom. The zero-order valence-corrected chi connectivity index (χ0v) is 17.6. The van der Waals surface area contributed by atoms with E-state index in [0.717, 1.165) is 35.3 Å². The molecule has 29 heavy (non-hydrogen) atoms. The zero-order chi connectivity index (χ0) is 20.8. The number of benzene rings is 1. The van der Waals surface area contributed by atoms with Gasteiger partial charge in [0.2, 0.25) is 0 Å². The number of methoxy groups -OCH3 is 1. The fourth-order valence-corrected chi connectivity index (χ4v) is 4.23. The lowest BCUT2D eigenvalue weighted by atomic mass is 9.98. The summed E-state index contributed by atoms with van der Waals surface area (Å²) < 4.78 is 5.02. The van der Waals surface area contributed by atoms with E-state index in [-0.39, 0.29) is 5.91 Å². The fourth-order valence-electron chi connectivity index (χ4n) is 3.17. The molecule has 150 valence electrons. The van der Waals surface area contributed by atoms with Crippen LogP contribution in [0.5, 0.6) is 0 Å². The predicted octanol–water partition coefficient (Wildman–Crippen LogP) is 5.50. The van der Waals surface area contributed by atoms with Gasteiger partial charge >= 0.3 is 5.97 Å². The molecule has 0 bridgehead atoms. The maximum atomic E-state index is 12.6. The number of amides is 1. The quantitative estimate of drug-likeness (QED) is 0.524. The second kappa shape index (κ2) is 9.47. The molecule has 0 aliphatic heterocycles. The molecule has 0 atom stereocenters. The highest BCUT2D eigenvalue weighted by molar-refractivity contribution is 7.17. The smallest absolute Gasteiger partial charge is 0.341 e. The lowest BCUT2D eigenvalue weighted by Crippen LogP contribution is -2.14. The number of hydrogen-bond acceptors (Lipinski definition) is 5. The van der Waals surface area contributed by atoms with Crippen molar-refractivity contribution in [3.63, 3.8) is 0 Å². The predicted molar refractivity (Wildman–Crippen MR) is 117 cm³/mol. The van der Waals surface area contributed by atoms with Gasteiger partial charge in [-0.05, 0) is 43.0 Å². The van der Waals surface area contributed by atoms with Gasteiger partial charge in [-0.25, -0.2) is 4.79 Å². The summed E-state index contributed by atoms with van der Waals surface area (Å²) in [6, 6.07) is 11.6. The number of aryl methyl sites for hydroxylation is 2. The van der Waals surface area contributed by atoms with Crippen molar-refractivity contribution >= 4 is 28.2 Å². The minimum absolute atomic E-state index is 0.314. The van der Waals surface area contributed by atoms with Gasteiger partial charge in [0.05, 0.1) is 12.7 Å². The lowest BCUT2D eigenvalue weighted by molar-refractivity contribution is 0.0603. The SMILES string of the molecule is CCCCc1ccc(-c2c(C)sc(NC(=O)c3cccnc3)c2C(=O)OC)cc1. The summed E-state index contributed by atoms with van der Waals surface area (Å²) >= 11 is 1.37. The molecule has 1 aromatic carbocycles. The molecule has 0 aliphatic rings. The highest BCUT2D eigenvalue weighted by Gasteiger charge is 2.25. The number of rotatable bonds is 7. The summed E-state index contributed by atoms with van der Waals surface area (Å²) in [5, 5.41) is 3.33. The normalized spacial score (nSPS) is 10.6. The Morgan fingerprint density at radius 2 is 1.93 bits per heavy atom. The number of esters is 1. The third-order valence-electron chi connectivity index (χ3n) is 4.69. The van der Waals surface area contributed by atoms with E-state index in [0.29, 0.717) is 16.1 Å². The number of carbonyl (C=O) groups is 2. The van der Waals surface area contributed by atoms with Crippen molar-refractivity contribution in [3.8, 4) is 11.1 Å². The molecular formula is C23H24N2O3S. The van der Waals surface area contributed by atoms with Gasteiger partial charge < -0.3 is 10.1 Å². The van der Waals surface area contributed by atoms with E-state index in [4.69, 9.17) is 4.74 Å². The van der Waals surface area contributed by atoms with E-state index in [9.17, 15) is 9.59 Å². The molecule has 0 aliphatic carbocycles. The Bertz CT molecular complexity index is 995. The van der Waals surface area contributed by atoms with E-state index < -0.39 is 5.97 Å². The molecule has 3 rings (SSSR count). The maximum absolute atomic E-state index is 12.6. The van der Waals surface area contributed by atoms with Crippen LogP contribution < -0.4 is 5.32 Å². The molecule has 6 heteroatoms. The molecule has 2 aromatic heterocycles. The molecule has 0 unspecified atom stereocenters. The lowest BCUT2D eigenvalue weighted by Gasteiger charge is -2.09. The van der Waals surface area contributed by atoms with Crippen LogP contribution in [-0.4, -0.2) is 24.0 Å². The number of aromatic nitrogens is 1. The van der Waals surface area contributed by atoms with Gasteiger partial charge in [0.1, 0.15) is 10.6 Å². The van der Waals surface area contributed by atoms with Crippen LogP contribution in [0.15, 0.2) is 48.8 Å². The molecule has 3 aromatic rings. The number of ether oxygens (including phenoxy) is 1. The number of pyridine rings is 1.